The smallest absolute Gasteiger partial charge is 0.339 e. The van der Waals surface area contributed by atoms with Crippen molar-refractivity contribution < 1.29 is 22.7 Å². The zero-order valence-corrected chi connectivity index (χ0v) is 21.4. The first-order chi connectivity index (χ1) is 15.7. The maximum atomic E-state index is 13.0. The van der Waals surface area contributed by atoms with Gasteiger partial charge in [0.1, 0.15) is 5.69 Å². The molecule has 178 valence electrons. The van der Waals surface area contributed by atoms with Gasteiger partial charge in [-0.15, -0.1) is 23.1 Å². The Morgan fingerprint density at radius 1 is 1.21 bits per heavy atom. The van der Waals surface area contributed by atoms with Gasteiger partial charge in [-0.2, -0.15) is 4.31 Å². The lowest BCUT2D eigenvalue weighted by atomic mass is 9.99. The fourth-order valence-electron chi connectivity index (χ4n) is 3.92. The molecule has 0 radical (unpaired) electrons. The molecule has 0 aliphatic carbocycles. The zero-order chi connectivity index (χ0) is 23.8. The molecule has 1 aromatic heterocycles. The number of esters is 1. The Morgan fingerprint density at radius 3 is 2.61 bits per heavy atom. The second kappa shape index (κ2) is 9.91. The molecule has 1 aromatic carbocycles. The quantitative estimate of drug-likeness (QED) is 0.548. The zero-order valence-electron chi connectivity index (χ0n) is 18.2. The molecular formula is C21H24ClN3O5S3. The standard InChI is InChI=1S/C21H24ClN3O5S3/c1-13-3-4-15(11-16(13)22)33(28,29)24-7-5-14(6-8-24)18-23-17(12-32-18)19(26)25-9-10-31-20(25)21(27)30-2/h3-4,11-12,14,20H,5-10H2,1-2H3. The van der Waals surface area contributed by atoms with Crippen molar-refractivity contribution in [3.05, 3.63) is 44.9 Å². The number of halogens is 1. The van der Waals surface area contributed by atoms with Crippen LogP contribution in [0.5, 0.6) is 0 Å². The van der Waals surface area contributed by atoms with Crippen molar-refractivity contribution >= 4 is 56.6 Å². The number of thioether (sulfide) groups is 1. The van der Waals surface area contributed by atoms with Gasteiger partial charge in [0, 0.05) is 41.7 Å². The number of nitrogens with zero attached hydrogens (tertiary/aromatic N) is 3. The molecule has 2 fully saturated rings. The highest BCUT2D eigenvalue weighted by atomic mass is 35.5. The molecule has 12 heteroatoms. The Labute approximate surface area is 206 Å². The molecule has 1 atom stereocenters. The fraction of sp³-hybridized carbons (Fsp3) is 0.476. The summed E-state index contributed by atoms with van der Waals surface area (Å²) in [6, 6.07) is 4.79. The predicted octanol–water partition coefficient (Wildman–Crippen LogP) is 3.36. The van der Waals surface area contributed by atoms with Gasteiger partial charge in [0.2, 0.25) is 10.0 Å². The number of piperidine rings is 1. The SMILES string of the molecule is COC(=O)C1SCCN1C(=O)c1csc(C2CCN(S(=O)(=O)c3ccc(C)c(Cl)c3)CC2)n1. The minimum absolute atomic E-state index is 0.0777. The van der Waals surface area contributed by atoms with Crippen LogP contribution in [-0.2, 0) is 19.6 Å². The number of carbonyl (C=O) groups excluding carboxylic acids is 2. The summed E-state index contributed by atoms with van der Waals surface area (Å²) >= 11 is 8.90. The van der Waals surface area contributed by atoms with Crippen LogP contribution in [0, 0.1) is 6.92 Å². The second-order valence-electron chi connectivity index (χ2n) is 7.91. The summed E-state index contributed by atoms with van der Waals surface area (Å²) in [5, 5.41) is 2.32. The first kappa shape index (κ1) is 24.5. The molecule has 2 aromatic rings. The van der Waals surface area contributed by atoms with Gasteiger partial charge in [-0.3, -0.25) is 4.79 Å². The number of ether oxygens (including phenoxy) is 1. The van der Waals surface area contributed by atoms with E-state index in [-0.39, 0.29) is 16.7 Å². The summed E-state index contributed by atoms with van der Waals surface area (Å²) in [5.41, 5.74) is 1.14. The van der Waals surface area contributed by atoms with E-state index in [9.17, 15) is 18.0 Å². The van der Waals surface area contributed by atoms with Crippen molar-refractivity contribution in [1.29, 1.82) is 0 Å². The number of carbonyl (C=O) groups is 2. The molecule has 0 N–H and O–H groups in total. The molecular weight excluding hydrogens is 506 g/mol. The molecule has 1 amide bonds. The normalized spacial score (nSPS) is 20.2. The third-order valence-electron chi connectivity index (χ3n) is 5.88. The van der Waals surface area contributed by atoms with Gasteiger partial charge >= 0.3 is 5.97 Å². The average Bonchev–Trinajstić information content (AvgIpc) is 3.50. The Balaban J connectivity index is 1.41. The molecule has 1 unspecified atom stereocenters. The Kier molecular flexibility index (Phi) is 7.35. The summed E-state index contributed by atoms with van der Waals surface area (Å²) in [6.45, 7) is 3.04. The lowest BCUT2D eigenvalue weighted by molar-refractivity contribution is -0.142. The second-order valence-corrected chi connectivity index (χ2v) is 12.3. The van der Waals surface area contributed by atoms with Crippen molar-refractivity contribution in [1.82, 2.24) is 14.2 Å². The van der Waals surface area contributed by atoms with E-state index >= 15 is 0 Å². The van der Waals surface area contributed by atoms with Crippen molar-refractivity contribution in [3.63, 3.8) is 0 Å². The van der Waals surface area contributed by atoms with E-state index in [1.165, 1.54) is 45.5 Å². The first-order valence-electron chi connectivity index (χ1n) is 10.4. The van der Waals surface area contributed by atoms with Crippen molar-refractivity contribution in [2.75, 3.05) is 32.5 Å². The average molecular weight is 530 g/mol. The van der Waals surface area contributed by atoms with Gasteiger partial charge in [-0.1, -0.05) is 17.7 Å². The molecule has 2 aliphatic heterocycles. The van der Waals surface area contributed by atoms with E-state index in [2.05, 4.69) is 4.98 Å². The first-order valence-corrected chi connectivity index (χ1v) is 14.2. The van der Waals surface area contributed by atoms with Crippen LogP contribution < -0.4 is 0 Å². The number of aromatic nitrogens is 1. The summed E-state index contributed by atoms with van der Waals surface area (Å²) in [7, 11) is -2.31. The third-order valence-corrected chi connectivity index (χ3v) is 10.4. The molecule has 2 saturated heterocycles. The summed E-state index contributed by atoms with van der Waals surface area (Å²) < 4.78 is 32.3. The van der Waals surface area contributed by atoms with Gasteiger partial charge in [-0.05, 0) is 37.5 Å². The van der Waals surface area contributed by atoms with Crippen LogP contribution in [0.2, 0.25) is 5.02 Å². The van der Waals surface area contributed by atoms with Gasteiger partial charge in [0.15, 0.2) is 5.37 Å². The number of thiazole rings is 1. The predicted molar refractivity (Wildman–Crippen MR) is 128 cm³/mol. The molecule has 0 bridgehead atoms. The number of hydrogen-bond donors (Lipinski definition) is 0. The van der Waals surface area contributed by atoms with Crippen LogP contribution in [0.25, 0.3) is 0 Å². The van der Waals surface area contributed by atoms with Gasteiger partial charge in [0.05, 0.1) is 17.0 Å². The Hall–Kier alpha value is -1.66. The monoisotopic (exact) mass is 529 g/mol. The van der Waals surface area contributed by atoms with Gasteiger partial charge in [-0.25, -0.2) is 18.2 Å². The lowest BCUT2D eigenvalue weighted by Gasteiger charge is -2.30. The lowest BCUT2D eigenvalue weighted by Crippen LogP contribution is -2.40. The van der Waals surface area contributed by atoms with Crippen LogP contribution in [0.1, 0.15) is 39.8 Å². The minimum Gasteiger partial charge on any atom is -0.467 e. The highest BCUT2D eigenvalue weighted by Crippen LogP contribution is 2.34. The summed E-state index contributed by atoms with van der Waals surface area (Å²) in [6.07, 6.45) is 1.23. The van der Waals surface area contributed by atoms with E-state index in [1.807, 2.05) is 6.92 Å². The van der Waals surface area contributed by atoms with E-state index in [0.29, 0.717) is 48.9 Å². The number of benzene rings is 1. The fourth-order valence-corrected chi connectivity index (χ4v) is 7.77. The maximum absolute atomic E-state index is 13.0. The van der Waals surface area contributed by atoms with Gasteiger partial charge < -0.3 is 9.64 Å². The Bertz CT molecular complexity index is 1160. The molecule has 4 rings (SSSR count). The number of hydrogen-bond acceptors (Lipinski definition) is 8. The number of rotatable bonds is 5. The number of sulfonamides is 1. The van der Waals surface area contributed by atoms with Crippen LogP contribution in [0.3, 0.4) is 0 Å². The molecule has 33 heavy (non-hydrogen) atoms. The van der Waals surface area contributed by atoms with Crippen molar-refractivity contribution in [2.24, 2.45) is 0 Å². The van der Waals surface area contributed by atoms with E-state index < -0.39 is 21.4 Å². The van der Waals surface area contributed by atoms with Gasteiger partial charge in [0.25, 0.3) is 5.91 Å². The van der Waals surface area contributed by atoms with Crippen molar-refractivity contribution in [3.8, 4) is 0 Å². The number of aryl methyl sites for hydroxylation is 1. The van der Waals surface area contributed by atoms with Crippen LogP contribution >= 0.6 is 34.7 Å². The number of amides is 1. The van der Waals surface area contributed by atoms with Crippen LogP contribution in [0.4, 0.5) is 0 Å². The summed E-state index contributed by atoms with van der Waals surface area (Å²) in [5.74, 6) is 0.0228. The van der Waals surface area contributed by atoms with E-state index in [0.717, 1.165) is 10.6 Å². The minimum atomic E-state index is -3.62. The molecule has 0 saturated carbocycles. The van der Waals surface area contributed by atoms with E-state index in [1.54, 1.807) is 17.5 Å². The maximum Gasteiger partial charge on any atom is 0.339 e. The topological polar surface area (TPSA) is 96.9 Å². The van der Waals surface area contributed by atoms with Crippen LogP contribution in [-0.4, -0.2) is 72.4 Å². The van der Waals surface area contributed by atoms with Crippen molar-refractivity contribution in [2.45, 2.75) is 36.0 Å². The largest absolute Gasteiger partial charge is 0.467 e. The molecule has 8 nitrogen and oxygen atoms in total. The Morgan fingerprint density at radius 2 is 1.94 bits per heavy atom. The van der Waals surface area contributed by atoms with E-state index in [4.69, 9.17) is 16.3 Å². The third kappa shape index (κ3) is 4.93. The number of methoxy groups -OCH3 is 1. The highest BCUT2D eigenvalue weighted by Gasteiger charge is 2.37. The highest BCUT2D eigenvalue weighted by molar-refractivity contribution is 8.00. The molecule has 2 aliphatic rings. The summed E-state index contributed by atoms with van der Waals surface area (Å²) in [4.78, 5) is 31.1. The van der Waals surface area contributed by atoms with Crippen LogP contribution in [0.15, 0.2) is 28.5 Å². The molecule has 3 heterocycles. The molecule has 0 spiro atoms.